The van der Waals surface area contributed by atoms with Crippen molar-refractivity contribution in [2.75, 3.05) is 0 Å². The predicted molar refractivity (Wildman–Crippen MR) is 125 cm³/mol. The minimum absolute atomic E-state index is 0.0268. The van der Waals surface area contributed by atoms with Crippen LogP contribution in [-0.2, 0) is 6.42 Å². The fourth-order valence-corrected chi connectivity index (χ4v) is 3.70. The number of hydrogen-bond acceptors (Lipinski definition) is 8. The Morgan fingerprint density at radius 2 is 1.94 bits per heavy atom. The number of aryl methyl sites for hydroxylation is 1. The van der Waals surface area contributed by atoms with Crippen LogP contribution in [0.2, 0.25) is 0 Å². The topological polar surface area (TPSA) is 150 Å². The molecule has 0 saturated carbocycles. The van der Waals surface area contributed by atoms with Crippen LogP contribution in [0.3, 0.4) is 0 Å². The Morgan fingerprint density at radius 3 is 2.58 bits per heavy atom. The average molecular weight is 468 g/mol. The van der Waals surface area contributed by atoms with Crippen LogP contribution in [0.25, 0.3) is 5.70 Å². The van der Waals surface area contributed by atoms with Crippen molar-refractivity contribution in [3.05, 3.63) is 96.8 Å². The number of nitrogens with zero attached hydrogens (tertiary/aromatic N) is 2. The zero-order valence-corrected chi connectivity index (χ0v) is 18.6. The van der Waals surface area contributed by atoms with Gasteiger partial charge in [-0.15, -0.1) is 0 Å². The van der Waals surface area contributed by atoms with Crippen molar-refractivity contribution < 1.29 is 14.8 Å². The third-order valence-corrected chi connectivity index (χ3v) is 5.42. The summed E-state index contributed by atoms with van der Waals surface area (Å²) >= 11 is 1.09. The molecule has 0 aliphatic carbocycles. The van der Waals surface area contributed by atoms with E-state index in [1.165, 1.54) is 42.5 Å². The highest BCUT2D eigenvalue weighted by molar-refractivity contribution is 8.02. The Kier molecular flexibility index (Phi) is 7.46. The molecule has 170 valence electrons. The van der Waals surface area contributed by atoms with Crippen molar-refractivity contribution in [2.45, 2.75) is 25.4 Å². The van der Waals surface area contributed by atoms with Gasteiger partial charge in [0.05, 0.1) is 10.6 Å². The number of nitro groups is 1. The molecule has 0 aliphatic rings. The molecule has 33 heavy (non-hydrogen) atoms. The van der Waals surface area contributed by atoms with Gasteiger partial charge in [0.15, 0.2) is 5.16 Å². The normalized spacial score (nSPS) is 11.2. The first-order valence-electron chi connectivity index (χ1n) is 9.85. The number of carbonyl (C=O) groups is 1. The molecular formula is C22H21N5O5S. The first-order valence-corrected chi connectivity index (χ1v) is 10.7. The number of hydrogen-bond donors (Lipinski definition) is 4. The maximum atomic E-state index is 12.4. The first-order chi connectivity index (χ1) is 15.8. The molecule has 0 saturated heterocycles. The molecule has 0 fully saturated rings. The number of benzene rings is 2. The molecule has 4 N–H and O–H groups in total. The zero-order chi connectivity index (χ0) is 24.0. The summed E-state index contributed by atoms with van der Waals surface area (Å²) in [6, 6.07) is 11.5. The third kappa shape index (κ3) is 5.98. The average Bonchev–Trinajstić information content (AvgIpc) is 2.79. The highest BCUT2D eigenvalue weighted by Crippen LogP contribution is 2.23. The minimum Gasteiger partial charge on any atom is -0.508 e. The number of rotatable bonds is 8. The number of phenols is 1. The van der Waals surface area contributed by atoms with Gasteiger partial charge in [0.2, 0.25) is 0 Å². The van der Waals surface area contributed by atoms with Gasteiger partial charge in [-0.25, -0.2) is 4.98 Å². The lowest BCUT2D eigenvalue weighted by atomic mass is 10.1. The minimum atomic E-state index is -0.519. The second-order valence-electron chi connectivity index (χ2n) is 6.87. The number of aromatic nitrogens is 2. The van der Waals surface area contributed by atoms with E-state index in [2.05, 4.69) is 20.8 Å². The highest BCUT2D eigenvalue weighted by atomic mass is 32.2. The van der Waals surface area contributed by atoms with Crippen LogP contribution in [0, 0.1) is 17.0 Å². The zero-order valence-electron chi connectivity index (χ0n) is 17.8. The van der Waals surface area contributed by atoms with Gasteiger partial charge < -0.3 is 10.1 Å². The van der Waals surface area contributed by atoms with Crippen molar-refractivity contribution in [1.29, 1.82) is 0 Å². The molecule has 0 bridgehead atoms. The van der Waals surface area contributed by atoms with E-state index in [9.17, 15) is 24.8 Å². The summed E-state index contributed by atoms with van der Waals surface area (Å²) in [4.78, 5) is 42.4. The molecule has 2 aromatic carbocycles. The molecule has 1 amide bonds. The summed E-state index contributed by atoms with van der Waals surface area (Å²) in [5.74, 6) is -0.454. The predicted octanol–water partition coefficient (Wildman–Crippen LogP) is 3.28. The Hall–Kier alpha value is -4.12. The van der Waals surface area contributed by atoms with Gasteiger partial charge >= 0.3 is 0 Å². The van der Waals surface area contributed by atoms with Crippen LogP contribution in [0.1, 0.15) is 34.1 Å². The summed E-state index contributed by atoms with van der Waals surface area (Å²) in [5.41, 5.74) is 7.24. The molecular weight excluding hydrogens is 446 g/mol. The number of hydrazine groups is 1. The highest BCUT2D eigenvalue weighted by Gasteiger charge is 2.12. The standard InChI is InChI=1S/C22H21N5O5S/c1-3-18-13(2)23-22(24-21(18)30)33-12-19(15-5-4-6-16(11-15)27(31)32)25-26-20(29)14-7-9-17(28)10-8-14/h4-12,25,28H,3H2,1-2H3,(H,26,29)(H,23,24,30)/b19-12-. The fraction of sp³-hybridized carbons (Fsp3) is 0.136. The monoisotopic (exact) mass is 467 g/mol. The van der Waals surface area contributed by atoms with Crippen LogP contribution in [-0.4, -0.2) is 25.9 Å². The van der Waals surface area contributed by atoms with E-state index in [-0.39, 0.29) is 17.0 Å². The number of H-pyrrole nitrogens is 1. The Balaban J connectivity index is 1.89. The van der Waals surface area contributed by atoms with Crippen molar-refractivity contribution >= 4 is 29.1 Å². The van der Waals surface area contributed by atoms with E-state index in [1.807, 2.05) is 6.92 Å². The van der Waals surface area contributed by atoms with Gasteiger partial charge in [-0.1, -0.05) is 30.8 Å². The van der Waals surface area contributed by atoms with Gasteiger partial charge in [-0.05, 0) is 37.6 Å². The first kappa shape index (κ1) is 23.5. The van der Waals surface area contributed by atoms with E-state index in [1.54, 1.807) is 18.4 Å². The number of phenolic OH excluding ortho intramolecular Hbond substituents is 1. The summed E-state index contributed by atoms with van der Waals surface area (Å²) < 4.78 is 0. The molecule has 0 spiro atoms. The summed E-state index contributed by atoms with van der Waals surface area (Å²) in [5, 5.41) is 22.5. The number of thioether (sulfide) groups is 1. The summed E-state index contributed by atoms with van der Waals surface area (Å²) in [6.45, 7) is 3.62. The smallest absolute Gasteiger partial charge is 0.270 e. The van der Waals surface area contributed by atoms with Crippen molar-refractivity contribution in [3.8, 4) is 5.75 Å². The number of amides is 1. The molecule has 1 heterocycles. The molecule has 0 radical (unpaired) electrons. The van der Waals surface area contributed by atoms with Crippen LogP contribution in [0.4, 0.5) is 5.69 Å². The van der Waals surface area contributed by atoms with Crippen molar-refractivity contribution in [1.82, 2.24) is 20.8 Å². The summed E-state index contributed by atoms with van der Waals surface area (Å²) in [7, 11) is 0. The number of non-ortho nitro benzene ring substituents is 1. The Morgan fingerprint density at radius 1 is 1.21 bits per heavy atom. The number of nitrogens with one attached hydrogen (secondary N) is 3. The maximum absolute atomic E-state index is 12.4. The molecule has 1 aromatic heterocycles. The molecule has 0 aliphatic heterocycles. The largest absolute Gasteiger partial charge is 0.508 e. The SMILES string of the molecule is CCc1c(C)nc(S/C=C(\NNC(=O)c2ccc(O)cc2)c2cccc([N+](=O)[O-])c2)[nH]c1=O. The van der Waals surface area contributed by atoms with Gasteiger partial charge in [0, 0.05) is 39.9 Å². The lowest BCUT2D eigenvalue weighted by molar-refractivity contribution is -0.384. The number of nitro benzene ring substituents is 1. The Labute approximate surface area is 192 Å². The van der Waals surface area contributed by atoms with E-state index >= 15 is 0 Å². The number of aromatic hydroxyl groups is 1. The van der Waals surface area contributed by atoms with E-state index < -0.39 is 10.8 Å². The van der Waals surface area contributed by atoms with Gasteiger partial charge in [0.25, 0.3) is 17.2 Å². The van der Waals surface area contributed by atoms with Crippen LogP contribution in [0.15, 0.2) is 63.9 Å². The van der Waals surface area contributed by atoms with Crippen molar-refractivity contribution in [2.24, 2.45) is 0 Å². The molecule has 3 aromatic rings. The molecule has 10 nitrogen and oxygen atoms in total. The van der Waals surface area contributed by atoms with Gasteiger partial charge in [0.1, 0.15) is 5.75 Å². The maximum Gasteiger partial charge on any atom is 0.270 e. The Bertz CT molecular complexity index is 1270. The van der Waals surface area contributed by atoms with Gasteiger partial charge in [-0.2, -0.15) is 0 Å². The quantitative estimate of drug-likeness (QED) is 0.171. The van der Waals surface area contributed by atoms with Crippen LogP contribution < -0.4 is 16.4 Å². The molecule has 0 atom stereocenters. The van der Waals surface area contributed by atoms with Gasteiger partial charge in [-0.3, -0.25) is 30.6 Å². The second-order valence-corrected chi connectivity index (χ2v) is 7.73. The number of aromatic amines is 1. The molecule has 3 rings (SSSR count). The lowest BCUT2D eigenvalue weighted by Gasteiger charge is -2.13. The molecule has 0 unspecified atom stereocenters. The fourth-order valence-electron chi connectivity index (χ4n) is 2.94. The van der Waals surface area contributed by atoms with Crippen LogP contribution in [0.5, 0.6) is 5.75 Å². The lowest BCUT2D eigenvalue weighted by Crippen LogP contribution is -2.36. The number of carbonyl (C=O) groups excluding carboxylic acids is 1. The van der Waals surface area contributed by atoms with E-state index in [4.69, 9.17) is 0 Å². The molecule has 11 heteroatoms. The van der Waals surface area contributed by atoms with E-state index in [0.29, 0.717) is 39.7 Å². The van der Waals surface area contributed by atoms with Crippen LogP contribution >= 0.6 is 11.8 Å². The third-order valence-electron chi connectivity index (χ3n) is 4.65. The van der Waals surface area contributed by atoms with Crippen molar-refractivity contribution in [3.63, 3.8) is 0 Å². The second kappa shape index (κ2) is 10.5. The summed E-state index contributed by atoms with van der Waals surface area (Å²) in [6.07, 6.45) is 0.554. The van der Waals surface area contributed by atoms with E-state index in [0.717, 1.165) is 11.8 Å².